The Morgan fingerprint density at radius 2 is 1.71 bits per heavy atom. The lowest BCUT2D eigenvalue weighted by molar-refractivity contribution is -0.148. The minimum atomic E-state index is -0.923. The van der Waals surface area contributed by atoms with E-state index in [1.165, 1.54) is 5.56 Å². The molecule has 4 nitrogen and oxygen atoms in total. The zero-order chi connectivity index (χ0) is 15.8. The van der Waals surface area contributed by atoms with E-state index in [1.54, 1.807) is 25.8 Å². The van der Waals surface area contributed by atoms with E-state index in [-0.39, 0.29) is 5.91 Å². The molecular weight excluding hydrogens is 266 g/mol. The van der Waals surface area contributed by atoms with Gasteiger partial charge in [-0.2, -0.15) is 0 Å². The number of carboxylic acid groups (broad SMARTS) is 1. The second-order valence-corrected chi connectivity index (χ2v) is 5.62. The van der Waals surface area contributed by atoms with Gasteiger partial charge >= 0.3 is 5.97 Å². The van der Waals surface area contributed by atoms with Crippen LogP contribution in [0.1, 0.15) is 32.3 Å². The maximum Gasteiger partial charge on any atom is 0.307 e. The van der Waals surface area contributed by atoms with Gasteiger partial charge in [0.2, 0.25) is 5.91 Å². The maximum absolute atomic E-state index is 12.1. The summed E-state index contributed by atoms with van der Waals surface area (Å²) in [7, 11) is 1.75. The maximum atomic E-state index is 12.1. The van der Waals surface area contributed by atoms with Gasteiger partial charge in [0, 0.05) is 19.5 Å². The van der Waals surface area contributed by atoms with Crippen LogP contribution in [0, 0.1) is 11.8 Å². The van der Waals surface area contributed by atoms with Crippen molar-refractivity contribution in [3.63, 3.8) is 0 Å². The number of hydrogen-bond acceptors (Lipinski definition) is 2. The monoisotopic (exact) mass is 291 g/mol. The minimum absolute atomic E-state index is 0.0930. The first-order valence-corrected chi connectivity index (χ1v) is 7.45. The van der Waals surface area contributed by atoms with Crippen LogP contribution in [-0.4, -0.2) is 35.5 Å². The third-order valence-electron chi connectivity index (χ3n) is 3.96. The molecule has 4 heteroatoms. The Morgan fingerprint density at radius 1 is 1.10 bits per heavy atom. The topological polar surface area (TPSA) is 57.6 Å². The van der Waals surface area contributed by atoms with Crippen molar-refractivity contribution >= 4 is 11.9 Å². The van der Waals surface area contributed by atoms with E-state index in [0.29, 0.717) is 6.54 Å². The molecule has 0 aliphatic heterocycles. The Hall–Kier alpha value is -1.84. The largest absolute Gasteiger partial charge is 0.481 e. The number of carbonyl (C=O) groups is 2. The van der Waals surface area contributed by atoms with Crippen LogP contribution in [0.2, 0.25) is 0 Å². The highest BCUT2D eigenvalue weighted by Gasteiger charge is 2.27. The summed E-state index contributed by atoms with van der Waals surface area (Å²) in [5.74, 6) is -2.15. The van der Waals surface area contributed by atoms with Crippen molar-refractivity contribution in [3.05, 3.63) is 35.9 Å². The molecule has 0 fully saturated rings. The van der Waals surface area contributed by atoms with Gasteiger partial charge in [0.05, 0.1) is 5.92 Å². The van der Waals surface area contributed by atoms with Crippen LogP contribution in [0.5, 0.6) is 0 Å². The van der Waals surface area contributed by atoms with Gasteiger partial charge in [-0.3, -0.25) is 9.59 Å². The van der Waals surface area contributed by atoms with Crippen LogP contribution in [0.25, 0.3) is 0 Å². The molecule has 2 atom stereocenters. The third-order valence-corrected chi connectivity index (χ3v) is 3.96. The molecule has 0 aromatic heterocycles. The van der Waals surface area contributed by atoms with E-state index < -0.39 is 17.8 Å². The normalized spacial score (nSPS) is 13.5. The molecule has 1 rings (SSSR count). The van der Waals surface area contributed by atoms with E-state index in [9.17, 15) is 9.59 Å². The molecule has 2 unspecified atom stereocenters. The van der Waals surface area contributed by atoms with Crippen molar-refractivity contribution < 1.29 is 14.7 Å². The summed E-state index contributed by atoms with van der Waals surface area (Å²) in [6.07, 6.45) is 2.94. The van der Waals surface area contributed by atoms with E-state index in [4.69, 9.17) is 5.11 Å². The lowest BCUT2D eigenvalue weighted by Crippen LogP contribution is -2.37. The first kappa shape index (κ1) is 17.2. The highest BCUT2D eigenvalue weighted by molar-refractivity contribution is 5.84. The Labute approximate surface area is 126 Å². The van der Waals surface area contributed by atoms with Gasteiger partial charge in [0.25, 0.3) is 0 Å². The molecule has 116 valence electrons. The highest BCUT2D eigenvalue weighted by Crippen LogP contribution is 2.14. The summed E-state index contributed by atoms with van der Waals surface area (Å²) in [6.45, 7) is 3.93. The first-order chi connectivity index (χ1) is 9.93. The Morgan fingerprint density at radius 3 is 2.29 bits per heavy atom. The van der Waals surface area contributed by atoms with E-state index in [2.05, 4.69) is 12.1 Å². The Kier molecular flexibility index (Phi) is 6.92. The van der Waals surface area contributed by atoms with Crippen LogP contribution < -0.4 is 0 Å². The molecule has 0 aliphatic carbocycles. The molecule has 0 aliphatic rings. The first-order valence-electron chi connectivity index (χ1n) is 7.45. The Bertz CT molecular complexity index is 458. The SMILES string of the molecule is CC(C(=O)O)C(C)C(=O)N(C)CCCCc1ccccc1. The molecule has 1 aromatic rings. The van der Waals surface area contributed by atoms with Crippen molar-refractivity contribution in [2.45, 2.75) is 33.1 Å². The zero-order valence-corrected chi connectivity index (χ0v) is 13.1. The van der Waals surface area contributed by atoms with E-state index >= 15 is 0 Å². The van der Waals surface area contributed by atoms with Crippen LogP contribution >= 0.6 is 0 Å². The molecule has 0 saturated carbocycles. The van der Waals surface area contributed by atoms with Gasteiger partial charge in [0.15, 0.2) is 0 Å². The van der Waals surface area contributed by atoms with E-state index in [0.717, 1.165) is 19.3 Å². The molecule has 1 amide bonds. The van der Waals surface area contributed by atoms with Gasteiger partial charge in [-0.15, -0.1) is 0 Å². The van der Waals surface area contributed by atoms with Crippen molar-refractivity contribution in [3.8, 4) is 0 Å². The summed E-state index contributed by atoms with van der Waals surface area (Å²) in [5, 5.41) is 8.95. The summed E-state index contributed by atoms with van der Waals surface area (Å²) in [4.78, 5) is 24.7. The zero-order valence-electron chi connectivity index (χ0n) is 13.1. The summed E-state index contributed by atoms with van der Waals surface area (Å²) < 4.78 is 0. The second kappa shape index (κ2) is 8.45. The lowest BCUT2D eigenvalue weighted by Gasteiger charge is -2.23. The molecule has 1 aromatic carbocycles. The number of aliphatic carboxylic acids is 1. The third kappa shape index (κ3) is 5.58. The second-order valence-electron chi connectivity index (χ2n) is 5.62. The number of benzene rings is 1. The number of aryl methyl sites for hydroxylation is 1. The predicted octanol–water partition coefficient (Wildman–Crippen LogP) is 2.82. The van der Waals surface area contributed by atoms with Crippen molar-refractivity contribution in [1.29, 1.82) is 0 Å². The average Bonchev–Trinajstić information content (AvgIpc) is 2.50. The minimum Gasteiger partial charge on any atom is -0.481 e. The number of hydrogen-bond donors (Lipinski definition) is 1. The predicted molar refractivity (Wildman–Crippen MR) is 83.0 cm³/mol. The number of carboxylic acids is 1. The highest BCUT2D eigenvalue weighted by atomic mass is 16.4. The number of nitrogens with zero attached hydrogens (tertiary/aromatic N) is 1. The van der Waals surface area contributed by atoms with E-state index in [1.807, 2.05) is 18.2 Å². The Balaban J connectivity index is 2.31. The van der Waals surface area contributed by atoms with Gasteiger partial charge in [-0.1, -0.05) is 44.2 Å². The molecule has 0 radical (unpaired) electrons. The van der Waals surface area contributed by atoms with Crippen LogP contribution in [0.4, 0.5) is 0 Å². The number of amides is 1. The molecule has 0 heterocycles. The summed E-state index contributed by atoms with van der Waals surface area (Å²) in [5.41, 5.74) is 1.30. The van der Waals surface area contributed by atoms with Gasteiger partial charge in [0.1, 0.15) is 0 Å². The lowest BCUT2D eigenvalue weighted by atomic mass is 9.95. The smallest absolute Gasteiger partial charge is 0.307 e. The van der Waals surface area contributed by atoms with Gasteiger partial charge in [-0.25, -0.2) is 0 Å². The summed E-state index contributed by atoms with van der Waals surface area (Å²) >= 11 is 0. The van der Waals surface area contributed by atoms with Crippen molar-refractivity contribution in [2.75, 3.05) is 13.6 Å². The van der Waals surface area contributed by atoms with Crippen LogP contribution in [0.15, 0.2) is 30.3 Å². The van der Waals surface area contributed by atoms with Crippen molar-refractivity contribution in [2.24, 2.45) is 11.8 Å². The molecule has 0 spiro atoms. The fourth-order valence-electron chi connectivity index (χ4n) is 2.21. The van der Waals surface area contributed by atoms with Crippen LogP contribution in [-0.2, 0) is 16.0 Å². The number of rotatable bonds is 8. The molecule has 0 saturated heterocycles. The molecular formula is C17H25NO3. The summed E-state index contributed by atoms with van der Waals surface area (Å²) in [6, 6.07) is 10.3. The number of unbranched alkanes of at least 4 members (excludes halogenated alkanes) is 1. The number of carbonyl (C=O) groups excluding carboxylic acids is 1. The van der Waals surface area contributed by atoms with Crippen LogP contribution in [0.3, 0.4) is 0 Å². The average molecular weight is 291 g/mol. The van der Waals surface area contributed by atoms with Gasteiger partial charge in [-0.05, 0) is 24.8 Å². The molecule has 0 bridgehead atoms. The molecule has 1 N–H and O–H groups in total. The standard InChI is InChI=1S/C17H25NO3/c1-13(14(2)17(20)21)16(19)18(3)12-8-7-11-15-9-5-4-6-10-15/h4-6,9-10,13-14H,7-8,11-12H2,1-3H3,(H,20,21). The quantitative estimate of drug-likeness (QED) is 0.749. The fourth-order valence-corrected chi connectivity index (χ4v) is 2.21. The molecule has 21 heavy (non-hydrogen) atoms. The van der Waals surface area contributed by atoms with Crippen molar-refractivity contribution in [1.82, 2.24) is 4.90 Å². The fraction of sp³-hybridized carbons (Fsp3) is 0.529. The van der Waals surface area contributed by atoms with Gasteiger partial charge < -0.3 is 10.0 Å².